The van der Waals surface area contributed by atoms with E-state index >= 15 is 0 Å². The van der Waals surface area contributed by atoms with Crippen molar-refractivity contribution < 1.29 is 14.4 Å². The Morgan fingerprint density at radius 1 is 1.32 bits per heavy atom. The van der Waals surface area contributed by atoms with Crippen LogP contribution in [-0.4, -0.2) is 31.8 Å². The fraction of sp³-hybridized carbons (Fsp3) is 0.308. The number of carbonyl (C=O) groups excluding carboxylic acids is 3. The Kier molecular flexibility index (Phi) is 5.53. The summed E-state index contributed by atoms with van der Waals surface area (Å²) in [6, 6.07) is 6.35. The number of anilines is 2. The van der Waals surface area contributed by atoms with Gasteiger partial charge in [0, 0.05) is 13.5 Å². The smallest absolute Gasteiger partial charge is 0.329 e. The van der Waals surface area contributed by atoms with E-state index in [9.17, 15) is 14.4 Å². The van der Waals surface area contributed by atoms with Crippen LogP contribution in [0.25, 0.3) is 0 Å². The van der Waals surface area contributed by atoms with E-state index in [1.807, 2.05) is 0 Å². The average Bonchev–Trinajstić information content (AvgIpc) is 2.45. The molecule has 1 rings (SSSR count). The molecular weight excluding hydrogens is 246 g/mol. The molecule has 0 aliphatic carbocycles. The van der Waals surface area contributed by atoms with Gasteiger partial charge in [0.05, 0.1) is 17.9 Å². The number of carbonyl (C=O) groups is 3. The Morgan fingerprint density at radius 3 is 2.58 bits per heavy atom. The Bertz CT molecular complexity index is 474. The van der Waals surface area contributed by atoms with Crippen LogP contribution in [0.3, 0.4) is 0 Å². The molecule has 6 nitrogen and oxygen atoms in total. The minimum absolute atomic E-state index is 0.131. The molecule has 102 valence electrons. The van der Waals surface area contributed by atoms with Gasteiger partial charge < -0.3 is 15.4 Å². The molecule has 0 bridgehead atoms. The quantitative estimate of drug-likeness (QED) is 0.787. The molecular formula is C13H17N3O3. The molecule has 0 radical (unpaired) electrons. The Labute approximate surface area is 111 Å². The van der Waals surface area contributed by atoms with Crippen molar-refractivity contribution >= 4 is 29.6 Å². The molecule has 0 atom stereocenters. The van der Waals surface area contributed by atoms with Crippen LogP contribution in [0.15, 0.2) is 24.3 Å². The topological polar surface area (TPSA) is 78.5 Å². The van der Waals surface area contributed by atoms with E-state index in [4.69, 9.17) is 0 Å². The standard InChI is InChI=1S/C13H17N3O3/c1-3-12(18)16(13(19)15-8-9-17)11-7-5-4-6-10(11)14-2/h4-7,9,14H,3,8H2,1-2H3,(H,15,19). The maximum absolute atomic E-state index is 12.0. The summed E-state index contributed by atoms with van der Waals surface area (Å²) in [5, 5.41) is 5.29. The summed E-state index contributed by atoms with van der Waals surface area (Å²) >= 11 is 0. The molecule has 3 amide bonds. The van der Waals surface area contributed by atoms with Crippen molar-refractivity contribution in [2.45, 2.75) is 13.3 Å². The second kappa shape index (κ2) is 7.15. The van der Waals surface area contributed by atoms with Gasteiger partial charge in [-0.3, -0.25) is 4.79 Å². The maximum atomic E-state index is 12.0. The number of para-hydroxylation sites is 2. The first-order valence-electron chi connectivity index (χ1n) is 5.96. The van der Waals surface area contributed by atoms with E-state index in [0.29, 0.717) is 17.7 Å². The Hall–Kier alpha value is -2.37. The van der Waals surface area contributed by atoms with Crippen molar-refractivity contribution in [1.82, 2.24) is 5.32 Å². The van der Waals surface area contributed by atoms with Crippen LogP contribution in [0.1, 0.15) is 13.3 Å². The van der Waals surface area contributed by atoms with Crippen LogP contribution >= 0.6 is 0 Å². The maximum Gasteiger partial charge on any atom is 0.329 e. The zero-order valence-electron chi connectivity index (χ0n) is 11.0. The van der Waals surface area contributed by atoms with E-state index in [0.717, 1.165) is 4.90 Å². The average molecular weight is 263 g/mol. The molecule has 0 saturated carbocycles. The molecule has 0 aliphatic rings. The fourth-order valence-electron chi connectivity index (χ4n) is 1.60. The van der Waals surface area contributed by atoms with Gasteiger partial charge in [-0.2, -0.15) is 0 Å². The van der Waals surface area contributed by atoms with E-state index in [2.05, 4.69) is 10.6 Å². The first kappa shape index (κ1) is 14.7. The third-order valence-corrected chi connectivity index (χ3v) is 2.51. The van der Waals surface area contributed by atoms with Crippen molar-refractivity contribution in [3.63, 3.8) is 0 Å². The normalized spacial score (nSPS) is 9.58. The van der Waals surface area contributed by atoms with Crippen LogP contribution in [0.2, 0.25) is 0 Å². The SMILES string of the molecule is CCC(=O)N(C(=O)NCC=O)c1ccccc1NC. The molecule has 1 aromatic rings. The molecule has 0 aliphatic heterocycles. The third-order valence-electron chi connectivity index (χ3n) is 2.51. The zero-order valence-corrected chi connectivity index (χ0v) is 11.0. The van der Waals surface area contributed by atoms with Crippen LogP contribution in [-0.2, 0) is 9.59 Å². The van der Waals surface area contributed by atoms with E-state index in [-0.39, 0.29) is 18.9 Å². The number of amides is 3. The van der Waals surface area contributed by atoms with E-state index in [1.165, 1.54) is 0 Å². The van der Waals surface area contributed by atoms with Crippen molar-refractivity contribution in [2.75, 3.05) is 23.8 Å². The summed E-state index contributed by atoms with van der Waals surface area (Å²) in [4.78, 5) is 35.3. The zero-order chi connectivity index (χ0) is 14.3. The van der Waals surface area contributed by atoms with Gasteiger partial charge in [0.1, 0.15) is 6.29 Å². The highest BCUT2D eigenvalue weighted by molar-refractivity contribution is 6.16. The molecule has 0 spiro atoms. The number of aldehydes is 1. The summed E-state index contributed by atoms with van der Waals surface area (Å²) in [5.74, 6) is -0.342. The lowest BCUT2D eigenvalue weighted by molar-refractivity contribution is -0.117. The second-order valence-corrected chi connectivity index (χ2v) is 3.70. The molecule has 0 saturated heterocycles. The van der Waals surface area contributed by atoms with Crippen molar-refractivity contribution in [2.24, 2.45) is 0 Å². The molecule has 0 fully saturated rings. The number of nitrogens with zero attached hydrogens (tertiary/aromatic N) is 1. The lowest BCUT2D eigenvalue weighted by Gasteiger charge is -2.22. The summed E-state index contributed by atoms with van der Waals surface area (Å²) in [5.41, 5.74) is 1.12. The lowest BCUT2D eigenvalue weighted by Crippen LogP contribution is -2.44. The van der Waals surface area contributed by atoms with Crippen LogP contribution in [0, 0.1) is 0 Å². The van der Waals surface area contributed by atoms with E-state index in [1.54, 1.807) is 38.2 Å². The minimum atomic E-state index is -0.610. The van der Waals surface area contributed by atoms with Crippen LogP contribution in [0.4, 0.5) is 16.2 Å². The first-order chi connectivity index (χ1) is 9.15. The predicted molar refractivity (Wildman–Crippen MR) is 73.2 cm³/mol. The highest BCUT2D eigenvalue weighted by atomic mass is 16.2. The number of hydrogen-bond donors (Lipinski definition) is 2. The van der Waals surface area contributed by atoms with Gasteiger partial charge in [-0.15, -0.1) is 0 Å². The Morgan fingerprint density at radius 2 is 2.00 bits per heavy atom. The second-order valence-electron chi connectivity index (χ2n) is 3.70. The highest BCUT2D eigenvalue weighted by Gasteiger charge is 2.23. The van der Waals surface area contributed by atoms with Crippen LogP contribution < -0.4 is 15.5 Å². The van der Waals surface area contributed by atoms with Crippen molar-refractivity contribution in [3.8, 4) is 0 Å². The third kappa shape index (κ3) is 3.54. The molecule has 0 aromatic heterocycles. The van der Waals surface area contributed by atoms with Gasteiger partial charge in [-0.05, 0) is 12.1 Å². The number of rotatable bonds is 5. The van der Waals surface area contributed by atoms with Gasteiger partial charge in [0.25, 0.3) is 0 Å². The minimum Gasteiger partial charge on any atom is -0.386 e. The van der Waals surface area contributed by atoms with Gasteiger partial charge in [0.15, 0.2) is 0 Å². The number of urea groups is 1. The monoisotopic (exact) mass is 263 g/mol. The number of benzene rings is 1. The van der Waals surface area contributed by atoms with Crippen molar-refractivity contribution in [3.05, 3.63) is 24.3 Å². The summed E-state index contributed by atoms with van der Waals surface area (Å²) < 4.78 is 0. The molecule has 1 aromatic carbocycles. The van der Waals surface area contributed by atoms with Crippen molar-refractivity contribution in [1.29, 1.82) is 0 Å². The number of hydrogen-bond acceptors (Lipinski definition) is 4. The van der Waals surface area contributed by atoms with Gasteiger partial charge in [-0.25, -0.2) is 9.69 Å². The predicted octanol–water partition coefficient (Wildman–Crippen LogP) is 1.38. The van der Waals surface area contributed by atoms with Crippen LogP contribution in [0.5, 0.6) is 0 Å². The summed E-state index contributed by atoms with van der Waals surface area (Å²) in [6.07, 6.45) is 0.753. The van der Waals surface area contributed by atoms with Gasteiger partial charge in [0.2, 0.25) is 5.91 Å². The summed E-state index contributed by atoms with van der Waals surface area (Å²) in [6.45, 7) is 1.54. The fourth-order valence-corrected chi connectivity index (χ4v) is 1.60. The number of nitrogens with one attached hydrogen (secondary N) is 2. The summed E-state index contributed by atoms with van der Waals surface area (Å²) in [7, 11) is 1.71. The molecule has 19 heavy (non-hydrogen) atoms. The Balaban J connectivity index is 3.12. The van der Waals surface area contributed by atoms with Gasteiger partial charge >= 0.3 is 6.03 Å². The molecule has 0 heterocycles. The van der Waals surface area contributed by atoms with E-state index < -0.39 is 6.03 Å². The first-order valence-corrected chi connectivity index (χ1v) is 5.96. The molecule has 0 unspecified atom stereocenters. The molecule has 6 heteroatoms. The highest BCUT2D eigenvalue weighted by Crippen LogP contribution is 2.25. The lowest BCUT2D eigenvalue weighted by atomic mass is 10.2. The molecule has 2 N–H and O–H groups in total. The largest absolute Gasteiger partial charge is 0.386 e. The van der Waals surface area contributed by atoms with Gasteiger partial charge in [-0.1, -0.05) is 19.1 Å². The number of imide groups is 1.